The first kappa shape index (κ1) is 33.9. The van der Waals surface area contributed by atoms with E-state index in [1.807, 2.05) is 51.1 Å². The summed E-state index contributed by atoms with van der Waals surface area (Å²) in [5.41, 5.74) is 6.33. The summed E-state index contributed by atoms with van der Waals surface area (Å²) in [4.78, 5) is 19.0. The molecule has 226 valence electrons. The van der Waals surface area contributed by atoms with E-state index in [0.717, 1.165) is 23.8 Å². The summed E-state index contributed by atoms with van der Waals surface area (Å²) in [5, 5.41) is 9.73. The Morgan fingerprint density at radius 1 is 1.12 bits per heavy atom. The van der Waals surface area contributed by atoms with Crippen LogP contribution in [0.15, 0.2) is 54.7 Å². The van der Waals surface area contributed by atoms with E-state index in [4.69, 9.17) is 23.3 Å². The molecule has 0 saturated heterocycles. The second-order valence-electron chi connectivity index (χ2n) is 10.4. The second-order valence-corrected chi connectivity index (χ2v) is 11.3. The Morgan fingerprint density at radius 2 is 1.73 bits per heavy atom. The molecule has 1 aromatic heterocycles. The first-order valence-corrected chi connectivity index (χ1v) is 13.9. The zero-order chi connectivity index (χ0) is 31.0. The van der Waals surface area contributed by atoms with Gasteiger partial charge in [-0.1, -0.05) is 51.1 Å². The smallest absolute Gasteiger partial charge is 0.387 e. The number of nitrogens with zero attached hydrogens (tertiary/aromatic N) is 3. The molecule has 3 aromatic rings. The Kier molecular flexibility index (Phi) is 12.0. The Balaban J connectivity index is 0.00000108. The zero-order valence-electron chi connectivity index (χ0n) is 22.9. The van der Waals surface area contributed by atoms with E-state index in [9.17, 15) is 23.1 Å². The van der Waals surface area contributed by atoms with Gasteiger partial charge in [-0.3, -0.25) is 13.9 Å². The standard InChI is InChI=1S/C27H33F3N4O2.H2O4S/c1-27(2,3)26(33(25(36)17-35)12-11-20(31)15-28)34-16-23(21-14-19(29)9-10-22(21)30)32-24(34)13-18-7-5-4-6-8-18;1-5(2,3)4/h4-10,14,16,20,26,35H,11-13,15,17,31H2,1-3H3;(H2,1,2,3,4)/t20-,26-;/m0./s1. The molecule has 10 nitrogen and oxygen atoms in total. The van der Waals surface area contributed by atoms with Crippen molar-refractivity contribution in [2.75, 3.05) is 19.8 Å². The summed E-state index contributed by atoms with van der Waals surface area (Å²) < 4.78 is 75.1. The number of aliphatic hydroxyl groups excluding tert-OH is 1. The molecule has 0 bridgehead atoms. The Bertz CT molecular complexity index is 1390. The first-order chi connectivity index (χ1) is 19.0. The third-order valence-corrected chi connectivity index (χ3v) is 5.95. The number of halogens is 3. The van der Waals surface area contributed by atoms with Crippen LogP contribution < -0.4 is 5.73 Å². The molecule has 0 aliphatic rings. The molecule has 14 heteroatoms. The lowest BCUT2D eigenvalue weighted by atomic mass is 9.90. The predicted molar refractivity (Wildman–Crippen MR) is 147 cm³/mol. The molecule has 3 rings (SSSR count). The number of hydrogen-bond acceptors (Lipinski definition) is 6. The summed E-state index contributed by atoms with van der Waals surface area (Å²) >= 11 is 0. The number of aliphatic hydroxyl groups is 1. The average Bonchev–Trinajstić information content (AvgIpc) is 3.28. The maximum Gasteiger partial charge on any atom is 0.394 e. The van der Waals surface area contributed by atoms with Crippen LogP contribution in [-0.2, 0) is 21.6 Å². The lowest BCUT2D eigenvalue weighted by molar-refractivity contribution is -0.142. The molecule has 0 fully saturated rings. The van der Waals surface area contributed by atoms with Crippen molar-refractivity contribution in [3.8, 4) is 11.3 Å². The summed E-state index contributed by atoms with van der Waals surface area (Å²) in [6.45, 7) is 4.36. The molecule has 0 aliphatic carbocycles. The van der Waals surface area contributed by atoms with Crippen LogP contribution in [0.1, 0.15) is 44.7 Å². The third-order valence-electron chi connectivity index (χ3n) is 5.95. The van der Waals surface area contributed by atoms with Crippen LogP contribution in [0.4, 0.5) is 13.2 Å². The van der Waals surface area contributed by atoms with Gasteiger partial charge in [0.2, 0.25) is 5.91 Å². The number of imidazole rings is 1. The van der Waals surface area contributed by atoms with Crippen molar-refractivity contribution in [2.24, 2.45) is 11.1 Å². The normalized spacial score (nSPS) is 13.2. The fourth-order valence-electron chi connectivity index (χ4n) is 4.27. The van der Waals surface area contributed by atoms with E-state index in [0.29, 0.717) is 12.2 Å². The van der Waals surface area contributed by atoms with E-state index in [-0.39, 0.29) is 24.2 Å². The maximum absolute atomic E-state index is 14.7. The number of benzene rings is 2. The molecular weight excluding hydrogens is 565 g/mol. The minimum Gasteiger partial charge on any atom is -0.387 e. The van der Waals surface area contributed by atoms with Crippen molar-refractivity contribution in [3.05, 3.63) is 77.8 Å². The van der Waals surface area contributed by atoms with Crippen LogP contribution in [0.5, 0.6) is 0 Å². The van der Waals surface area contributed by atoms with Crippen molar-refractivity contribution >= 4 is 16.3 Å². The van der Waals surface area contributed by atoms with E-state index < -0.39 is 58.8 Å². The minimum atomic E-state index is -4.67. The highest BCUT2D eigenvalue weighted by molar-refractivity contribution is 7.79. The molecular formula is C27H35F3N4O6S. The first-order valence-electron chi connectivity index (χ1n) is 12.5. The fraction of sp³-hybridized carbons (Fsp3) is 0.407. The van der Waals surface area contributed by atoms with Crippen molar-refractivity contribution < 1.29 is 40.6 Å². The van der Waals surface area contributed by atoms with Gasteiger partial charge in [0.05, 0.1) is 5.69 Å². The molecule has 0 radical (unpaired) electrons. The summed E-state index contributed by atoms with van der Waals surface area (Å²) in [7, 11) is -4.67. The van der Waals surface area contributed by atoms with Gasteiger partial charge in [-0.15, -0.1) is 0 Å². The third kappa shape index (κ3) is 10.6. The Labute approximate surface area is 237 Å². The molecule has 41 heavy (non-hydrogen) atoms. The van der Waals surface area contributed by atoms with Crippen LogP contribution in [0.25, 0.3) is 11.3 Å². The van der Waals surface area contributed by atoms with Crippen LogP contribution in [0.2, 0.25) is 0 Å². The van der Waals surface area contributed by atoms with Gasteiger partial charge in [-0.05, 0) is 30.2 Å². The van der Waals surface area contributed by atoms with Crippen LogP contribution >= 0.6 is 0 Å². The highest BCUT2D eigenvalue weighted by Crippen LogP contribution is 2.37. The van der Waals surface area contributed by atoms with Crippen LogP contribution in [0.3, 0.4) is 0 Å². The number of nitrogens with two attached hydrogens (primary N) is 1. The van der Waals surface area contributed by atoms with E-state index in [1.165, 1.54) is 4.90 Å². The number of carbonyl (C=O) groups is 1. The van der Waals surface area contributed by atoms with Gasteiger partial charge in [-0.25, -0.2) is 18.2 Å². The lowest BCUT2D eigenvalue weighted by Gasteiger charge is -2.41. The van der Waals surface area contributed by atoms with E-state index in [1.54, 1.807) is 10.8 Å². The molecule has 1 heterocycles. The maximum atomic E-state index is 14.7. The Hall–Kier alpha value is -3.30. The number of aromatic nitrogens is 2. The molecule has 0 aliphatic heterocycles. The largest absolute Gasteiger partial charge is 0.394 e. The van der Waals surface area contributed by atoms with Crippen molar-refractivity contribution in [1.29, 1.82) is 0 Å². The summed E-state index contributed by atoms with van der Waals surface area (Å²) in [6.07, 6.45) is 1.46. The lowest BCUT2D eigenvalue weighted by Crippen LogP contribution is -2.47. The molecule has 0 unspecified atom stereocenters. The van der Waals surface area contributed by atoms with Crippen molar-refractivity contribution in [1.82, 2.24) is 14.5 Å². The van der Waals surface area contributed by atoms with Crippen molar-refractivity contribution in [2.45, 2.75) is 45.8 Å². The molecule has 2 atom stereocenters. The van der Waals surface area contributed by atoms with Gasteiger partial charge < -0.3 is 20.3 Å². The van der Waals surface area contributed by atoms with Gasteiger partial charge in [0.25, 0.3) is 0 Å². The SMILES string of the molecule is CC(C)(C)[C@@H](N(CC[C@H](N)CF)C(=O)CO)n1cc(-c2cc(F)ccc2F)nc1Cc1ccccc1.O=S(=O)(O)O. The quantitative estimate of drug-likeness (QED) is 0.256. The van der Waals surface area contributed by atoms with E-state index in [2.05, 4.69) is 4.98 Å². The molecule has 0 saturated carbocycles. The molecule has 5 N–H and O–H groups in total. The van der Waals surface area contributed by atoms with Gasteiger partial charge in [0.1, 0.15) is 36.9 Å². The van der Waals surface area contributed by atoms with Gasteiger partial charge >= 0.3 is 10.4 Å². The number of carbonyl (C=O) groups excluding carboxylic acids is 1. The highest BCUT2D eigenvalue weighted by atomic mass is 32.3. The summed E-state index contributed by atoms with van der Waals surface area (Å²) in [5.74, 6) is -1.27. The minimum absolute atomic E-state index is 0.00444. The van der Waals surface area contributed by atoms with Gasteiger partial charge in [0, 0.05) is 36.2 Å². The van der Waals surface area contributed by atoms with Gasteiger partial charge in [-0.2, -0.15) is 8.42 Å². The average molecular weight is 601 g/mol. The van der Waals surface area contributed by atoms with Gasteiger partial charge in [0.15, 0.2) is 0 Å². The Morgan fingerprint density at radius 3 is 2.27 bits per heavy atom. The number of alkyl halides is 1. The predicted octanol–water partition coefficient (Wildman–Crippen LogP) is 3.82. The number of rotatable bonds is 10. The zero-order valence-corrected chi connectivity index (χ0v) is 23.7. The molecule has 2 aromatic carbocycles. The summed E-state index contributed by atoms with van der Waals surface area (Å²) in [6, 6.07) is 11.9. The molecule has 0 spiro atoms. The monoisotopic (exact) mass is 600 g/mol. The van der Waals surface area contributed by atoms with Crippen molar-refractivity contribution in [3.63, 3.8) is 0 Å². The second kappa shape index (κ2) is 14.5. The number of hydrogen-bond donors (Lipinski definition) is 4. The highest BCUT2D eigenvalue weighted by Gasteiger charge is 2.36. The fourth-order valence-corrected chi connectivity index (χ4v) is 4.27. The number of amides is 1. The molecule has 1 amide bonds. The van der Waals surface area contributed by atoms with E-state index >= 15 is 0 Å². The van der Waals surface area contributed by atoms with Crippen LogP contribution in [0, 0.1) is 17.0 Å². The van der Waals surface area contributed by atoms with Crippen LogP contribution in [-0.4, -0.2) is 68.9 Å². The topological polar surface area (TPSA) is 159 Å².